The summed E-state index contributed by atoms with van der Waals surface area (Å²) >= 11 is 0. The number of carbonyl (C=O) groups excluding carboxylic acids is 1. The summed E-state index contributed by atoms with van der Waals surface area (Å²) in [5, 5.41) is 9.27. The van der Waals surface area contributed by atoms with Gasteiger partial charge in [-0.05, 0) is 50.9 Å². The van der Waals surface area contributed by atoms with Crippen molar-refractivity contribution in [2.24, 2.45) is 17.8 Å². The standard InChI is InChI=1S/C26H48O4/c1-4-5-6-7-8-9-10-11-12-13-17-24(19-18-21(2)3)30-26(29)23-16-14-15-22(20-23)25(27)28/h21-24H,4-20H2,1-3H3,(H,27,28). The molecule has 3 atom stereocenters. The van der Waals surface area contributed by atoms with Gasteiger partial charge in [0, 0.05) is 0 Å². The highest BCUT2D eigenvalue weighted by molar-refractivity contribution is 5.75. The first kappa shape index (κ1) is 27.0. The van der Waals surface area contributed by atoms with E-state index >= 15 is 0 Å². The van der Waals surface area contributed by atoms with Gasteiger partial charge in [0.15, 0.2) is 0 Å². The third-order valence-corrected chi connectivity index (χ3v) is 6.59. The molecular weight excluding hydrogens is 376 g/mol. The molecule has 1 aliphatic carbocycles. The lowest BCUT2D eigenvalue weighted by molar-refractivity contribution is -0.158. The molecule has 176 valence electrons. The summed E-state index contributed by atoms with van der Waals surface area (Å²) in [6.07, 6.45) is 18.8. The topological polar surface area (TPSA) is 63.6 Å². The minimum atomic E-state index is -0.769. The minimum absolute atomic E-state index is 0.000788. The van der Waals surface area contributed by atoms with Crippen molar-refractivity contribution >= 4 is 11.9 Å². The van der Waals surface area contributed by atoms with Crippen LogP contribution in [0.15, 0.2) is 0 Å². The van der Waals surface area contributed by atoms with Gasteiger partial charge >= 0.3 is 11.9 Å². The first-order valence-corrected chi connectivity index (χ1v) is 12.9. The average Bonchev–Trinajstić information content (AvgIpc) is 2.73. The number of hydrogen-bond acceptors (Lipinski definition) is 3. The fourth-order valence-corrected chi connectivity index (χ4v) is 4.53. The molecule has 0 radical (unpaired) electrons. The Hall–Kier alpha value is -1.06. The van der Waals surface area contributed by atoms with Crippen LogP contribution in [-0.4, -0.2) is 23.1 Å². The summed E-state index contributed by atoms with van der Waals surface area (Å²) in [5.41, 5.74) is 0. The molecule has 1 saturated carbocycles. The van der Waals surface area contributed by atoms with Crippen molar-refractivity contribution in [3.05, 3.63) is 0 Å². The summed E-state index contributed by atoms with van der Waals surface area (Å²) in [5.74, 6) is -0.928. The third kappa shape index (κ3) is 12.6. The van der Waals surface area contributed by atoms with Gasteiger partial charge in [-0.1, -0.05) is 85.0 Å². The Balaban J connectivity index is 2.29. The summed E-state index contributed by atoms with van der Waals surface area (Å²) in [6, 6.07) is 0. The first-order chi connectivity index (χ1) is 14.4. The Bertz CT molecular complexity index is 460. The number of ether oxygens (including phenoxy) is 1. The van der Waals surface area contributed by atoms with Gasteiger partial charge in [0.1, 0.15) is 6.10 Å². The van der Waals surface area contributed by atoms with E-state index in [2.05, 4.69) is 20.8 Å². The minimum Gasteiger partial charge on any atom is -0.481 e. The number of unbranched alkanes of at least 4 members (excludes halogenated alkanes) is 9. The molecule has 0 aromatic rings. The van der Waals surface area contributed by atoms with E-state index in [0.717, 1.165) is 38.5 Å². The molecule has 4 heteroatoms. The normalized spacial score (nSPS) is 20.3. The zero-order chi connectivity index (χ0) is 22.2. The summed E-state index contributed by atoms with van der Waals surface area (Å²) < 4.78 is 5.92. The van der Waals surface area contributed by atoms with E-state index in [0.29, 0.717) is 18.8 Å². The number of aliphatic carboxylic acids is 1. The number of esters is 1. The molecule has 0 spiro atoms. The molecule has 1 fully saturated rings. The van der Waals surface area contributed by atoms with Crippen LogP contribution in [0.5, 0.6) is 0 Å². The molecule has 0 aromatic carbocycles. The molecule has 30 heavy (non-hydrogen) atoms. The molecule has 1 N–H and O–H groups in total. The van der Waals surface area contributed by atoms with E-state index in [4.69, 9.17) is 4.74 Å². The highest BCUT2D eigenvalue weighted by Gasteiger charge is 2.33. The van der Waals surface area contributed by atoms with E-state index in [1.54, 1.807) is 0 Å². The predicted molar refractivity (Wildman–Crippen MR) is 123 cm³/mol. The first-order valence-electron chi connectivity index (χ1n) is 12.9. The maximum absolute atomic E-state index is 12.7. The van der Waals surface area contributed by atoms with E-state index in [9.17, 15) is 14.7 Å². The van der Waals surface area contributed by atoms with Crippen LogP contribution in [0, 0.1) is 17.8 Å². The quantitative estimate of drug-likeness (QED) is 0.193. The number of hydrogen-bond donors (Lipinski definition) is 1. The lowest BCUT2D eigenvalue weighted by Gasteiger charge is -2.27. The Kier molecular flexibility index (Phi) is 14.9. The number of carboxylic acids is 1. The number of carboxylic acid groups (broad SMARTS) is 1. The second-order valence-corrected chi connectivity index (χ2v) is 9.90. The molecule has 0 aliphatic heterocycles. The largest absolute Gasteiger partial charge is 0.481 e. The van der Waals surface area contributed by atoms with Gasteiger partial charge in [0.25, 0.3) is 0 Å². The molecule has 0 bridgehead atoms. The van der Waals surface area contributed by atoms with E-state index in [1.807, 2.05) is 0 Å². The maximum atomic E-state index is 12.7. The van der Waals surface area contributed by atoms with Crippen LogP contribution in [0.1, 0.15) is 130 Å². The van der Waals surface area contributed by atoms with Crippen LogP contribution in [0.25, 0.3) is 0 Å². The monoisotopic (exact) mass is 424 g/mol. The van der Waals surface area contributed by atoms with E-state index < -0.39 is 5.97 Å². The average molecular weight is 425 g/mol. The number of carbonyl (C=O) groups is 2. The summed E-state index contributed by atoms with van der Waals surface area (Å²) in [4.78, 5) is 24.0. The lowest BCUT2D eigenvalue weighted by atomic mass is 9.81. The van der Waals surface area contributed by atoms with Gasteiger partial charge < -0.3 is 9.84 Å². The smallest absolute Gasteiger partial charge is 0.309 e. The Morgan fingerprint density at radius 2 is 1.40 bits per heavy atom. The van der Waals surface area contributed by atoms with Crippen molar-refractivity contribution < 1.29 is 19.4 Å². The van der Waals surface area contributed by atoms with E-state index in [1.165, 1.54) is 57.8 Å². The Labute approximate surface area is 185 Å². The molecule has 0 amide bonds. The second-order valence-electron chi connectivity index (χ2n) is 9.90. The van der Waals surface area contributed by atoms with Crippen LogP contribution in [0.3, 0.4) is 0 Å². The highest BCUT2D eigenvalue weighted by atomic mass is 16.5. The molecular formula is C26H48O4. The van der Waals surface area contributed by atoms with Gasteiger partial charge in [-0.25, -0.2) is 0 Å². The van der Waals surface area contributed by atoms with Crippen LogP contribution in [0.2, 0.25) is 0 Å². The second kappa shape index (κ2) is 16.6. The predicted octanol–water partition coefficient (Wildman–Crippen LogP) is 7.54. The van der Waals surface area contributed by atoms with Gasteiger partial charge in [-0.15, -0.1) is 0 Å². The number of rotatable bonds is 17. The third-order valence-electron chi connectivity index (χ3n) is 6.59. The lowest BCUT2D eigenvalue weighted by Crippen LogP contribution is -2.31. The SMILES string of the molecule is CCCCCCCCCCCCC(CCC(C)C)OC(=O)C1CCCC(C(=O)O)C1. The van der Waals surface area contributed by atoms with Crippen LogP contribution < -0.4 is 0 Å². The molecule has 0 aromatic heterocycles. The molecule has 3 unspecified atom stereocenters. The maximum Gasteiger partial charge on any atom is 0.309 e. The molecule has 0 heterocycles. The Morgan fingerprint density at radius 1 is 0.833 bits per heavy atom. The van der Waals surface area contributed by atoms with Crippen molar-refractivity contribution in [1.82, 2.24) is 0 Å². The van der Waals surface area contributed by atoms with Gasteiger partial charge in [-0.2, -0.15) is 0 Å². The molecule has 1 rings (SSSR count). The summed E-state index contributed by atoms with van der Waals surface area (Å²) in [6.45, 7) is 6.67. The molecule has 1 aliphatic rings. The van der Waals surface area contributed by atoms with Crippen molar-refractivity contribution in [1.29, 1.82) is 0 Å². The zero-order valence-electron chi connectivity index (χ0n) is 20.0. The summed E-state index contributed by atoms with van der Waals surface area (Å²) in [7, 11) is 0. The van der Waals surface area contributed by atoms with Crippen LogP contribution >= 0.6 is 0 Å². The van der Waals surface area contributed by atoms with Crippen molar-refractivity contribution in [2.75, 3.05) is 0 Å². The van der Waals surface area contributed by atoms with Crippen LogP contribution in [-0.2, 0) is 14.3 Å². The molecule has 4 nitrogen and oxygen atoms in total. The molecule has 0 saturated heterocycles. The van der Waals surface area contributed by atoms with Crippen molar-refractivity contribution in [3.63, 3.8) is 0 Å². The van der Waals surface area contributed by atoms with Gasteiger partial charge in [-0.3, -0.25) is 9.59 Å². The van der Waals surface area contributed by atoms with Crippen molar-refractivity contribution in [2.45, 2.75) is 136 Å². The van der Waals surface area contributed by atoms with Gasteiger partial charge in [0.2, 0.25) is 0 Å². The highest BCUT2D eigenvalue weighted by Crippen LogP contribution is 2.31. The van der Waals surface area contributed by atoms with E-state index in [-0.39, 0.29) is 23.9 Å². The zero-order valence-corrected chi connectivity index (χ0v) is 20.0. The van der Waals surface area contributed by atoms with Gasteiger partial charge in [0.05, 0.1) is 11.8 Å². The van der Waals surface area contributed by atoms with Crippen molar-refractivity contribution in [3.8, 4) is 0 Å². The van der Waals surface area contributed by atoms with Crippen LogP contribution in [0.4, 0.5) is 0 Å². The fourth-order valence-electron chi connectivity index (χ4n) is 4.53. The fraction of sp³-hybridized carbons (Fsp3) is 0.923. The Morgan fingerprint density at radius 3 is 1.97 bits per heavy atom.